The van der Waals surface area contributed by atoms with Crippen LogP contribution in [0.1, 0.15) is 37.2 Å². The quantitative estimate of drug-likeness (QED) is 0.668. The number of nitrogens with one attached hydrogen (secondary N) is 2. The third kappa shape index (κ3) is 4.41. The van der Waals surface area contributed by atoms with E-state index in [1.165, 1.54) is 12.1 Å². The van der Waals surface area contributed by atoms with E-state index in [9.17, 15) is 23.2 Å². The summed E-state index contributed by atoms with van der Waals surface area (Å²) < 4.78 is 29.1. The summed E-state index contributed by atoms with van der Waals surface area (Å²) >= 11 is 0. The summed E-state index contributed by atoms with van der Waals surface area (Å²) in [5, 5.41) is 13.6. The molecule has 0 saturated carbocycles. The highest BCUT2D eigenvalue weighted by molar-refractivity contribution is 6.01. The number of anilines is 1. The molecule has 1 atom stereocenters. The Morgan fingerprint density at radius 1 is 1.19 bits per heavy atom. The number of rotatable bonds is 5. The van der Waals surface area contributed by atoms with E-state index < -0.39 is 29.6 Å². The molecular formula is C18H21F2N3O4. The molecule has 3 rings (SSSR count). The molecule has 1 aromatic carbocycles. The van der Waals surface area contributed by atoms with Crippen LogP contribution in [-0.4, -0.2) is 53.5 Å². The Balaban J connectivity index is 1.68. The number of benzene rings is 1. The Bertz CT molecular complexity index is 763. The summed E-state index contributed by atoms with van der Waals surface area (Å²) in [6.45, 7) is 0.959. The van der Waals surface area contributed by atoms with E-state index in [1.54, 1.807) is 4.90 Å². The van der Waals surface area contributed by atoms with Gasteiger partial charge in [-0.05, 0) is 49.9 Å². The lowest BCUT2D eigenvalue weighted by atomic mass is 9.88. The first kappa shape index (κ1) is 19.2. The molecule has 0 spiro atoms. The second-order valence-corrected chi connectivity index (χ2v) is 6.92. The van der Waals surface area contributed by atoms with E-state index in [2.05, 4.69) is 10.6 Å². The SMILES string of the molecule is O=C(O)CN1CCC(c2ccc(NC3CCC(=O)NC3=O)c(F)c2F)CC1. The number of carboxylic acid groups (broad SMARTS) is 1. The van der Waals surface area contributed by atoms with Gasteiger partial charge in [-0.2, -0.15) is 0 Å². The van der Waals surface area contributed by atoms with Gasteiger partial charge in [0.2, 0.25) is 11.8 Å². The Morgan fingerprint density at radius 2 is 1.89 bits per heavy atom. The molecule has 3 N–H and O–H groups in total. The van der Waals surface area contributed by atoms with Crippen LogP contribution in [0.5, 0.6) is 0 Å². The molecule has 7 nitrogen and oxygen atoms in total. The molecule has 2 aliphatic heterocycles. The highest BCUT2D eigenvalue weighted by Gasteiger charge is 2.29. The number of halogens is 2. The Hall–Kier alpha value is -2.55. The first-order valence-corrected chi connectivity index (χ1v) is 8.87. The van der Waals surface area contributed by atoms with Crippen molar-refractivity contribution < 1.29 is 28.3 Å². The van der Waals surface area contributed by atoms with Crippen molar-refractivity contribution in [2.24, 2.45) is 0 Å². The molecule has 2 saturated heterocycles. The fourth-order valence-corrected chi connectivity index (χ4v) is 3.60. The predicted octanol–water partition coefficient (Wildman–Crippen LogP) is 1.45. The first-order chi connectivity index (χ1) is 12.8. The minimum absolute atomic E-state index is 0.0572. The predicted molar refractivity (Wildman–Crippen MR) is 92.2 cm³/mol. The molecule has 2 aliphatic rings. The van der Waals surface area contributed by atoms with Gasteiger partial charge in [0.15, 0.2) is 11.6 Å². The van der Waals surface area contributed by atoms with Crippen LogP contribution in [0, 0.1) is 11.6 Å². The van der Waals surface area contributed by atoms with E-state index in [1.807, 2.05) is 0 Å². The number of hydrogen-bond acceptors (Lipinski definition) is 5. The van der Waals surface area contributed by atoms with Gasteiger partial charge >= 0.3 is 5.97 Å². The summed E-state index contributed by atoms with van der Waals surface area (Å²) in [7, 11) is 0. The van der Waals surface area contributed by atoms with E-state index in [0.29, 0.717) is 25.9 Å². The number of amides is 2. The van der Waals surface area contributed by atoms with Gasteiger partial charge in [0.25, 0.3) is 0 Å². The van der Waals surface area contributed by atoms with Crippen LogP contribution < -0.4 is 10.6 Å². The average molecular weight is 381 g/mol. The number of hydrogen-bond donors (Lipinski definition) is 3. The largest absolute Gasteiger partial charge is 0.480 e. The molecule has 0 aromatic heterocycles. The molecular weight excluding hydrogens is 360 g/mol. The van der Waals surface area contributed by atoms with Gasteiger partial charge in [0.1, 0.15) is 6.04 Å². The number of aliphatic carboxylic acids is 1. The summed E-state index contributed by atoms with van der Waals surface area (Å²) in [5.41, 5.74) is 0.144. The van der Waals surface area contributed by atoms with Crippen LogP contribution >= 0.6 is 0 Å². The third-order valence-electron chi connectivity index (χ3n) is 5.07. The van der Waals surface area contributed by atoms with Crippen LogP contribution in [0.3, 0.4) is 0 Å². The number of nitrogens with zero attached hydrogens (tertiary/aromatic N) is 1. The molecule has 2 heterocycles. The number of carbonyl (C=O) groups is 3. The highest BCUT2D eigenvalue weighted by atomic mass is 19.2. The van der Waals surface area contributed by atoms with Gasteiger partial charge < -0.3 is 10.4 Å². The lowest BCUT2D eigenvalue weighted by Gasteiger charge is -2.31. The maximum absolute atomic E-state index is 14.6. The standard InChI is InChI=1S/C18H21F2N3O4/c19-16-11(10-5-7-23(8-6-10)9-15(25)26)1-2-12(17(16)20)21-13-3-4-14(24)22-18(13)27/h1-2,10,13,21H,3-9H2,(H,25,26)(H,22,24,27). The smallest absolute Gasteiger partial charge is 0.317 e. The average Bonchev–Trinajstić information content (AvgIpc) is 2.62. The highest BCUT2D eigenvalue weighted by Crippen LogP contribution is 2.33. The van der Waals surface area contributed by atoms with Crippen LogP contribution in [-0.2, 0) is 14.4 Å². The van der Waals surface area contributed by atoms with Crippen molar-refractivity contribution in [1.29, 1.82) is 0 Å². The van der Waals surface area contributed by atoms with Crippen LogP contribution in [0.15, 0.2) is 12.1 Å². The van der Waals surface area contributed by atoms with Crippen molar-refractivity contribution in [3.8, 4) is 0 Å². The van der Waals surface area contributed by atoms with Crippen molar-refractivity contribution in [2.75, 3.05) is 25.0 Å². The lowest BCUT2D eigenvalue weighted by molar-refractivity contribution is -0.138. The topological polar surface area (TPSA) is 98.7 Å². The molecule has 1 aromatic rings. The molecule has 1 unspecified atom stereocenters. The van der Waals surface area contributed by atoms with Gasteiger partial charge in [0.05, 0.1) is 12.2 Å². The van der Waals surface area contributed by atoms with Gasteiger partial charge in [-0.1, -0.05) is 6.07 Å². The van der Waals surface area contributed by atoms with E-state index in [-0.39, 0.29) is 42.5 Å². The number of carboxylic acids is 1. The lowest BCUT2D eigenvalue weighted by Crippen LogP contribution is -2.47. The summed E-state index contributed by atoms with van der Waals surface area (Å²) in [5.74, 6) is -4.03. The van der Waals surface area contributed by atoms with Gasteiger partial charge in [-0.15, -0.1) is 0 Å². The second-order valence-electron chi connectivity index (χ2n) is 6.92. The minimum Gasteiger partial charge on any atom is -0.480 e. The monoisotopic (exact) mass is 381 g/mol. The molecule has 2 amide bonds. The molecule has 2 fully saturated rings. The summed E-state index contributed by atoms with van der Waals surface area (Å²) in [6, 6.07) is 2.12. The first-order valence-electron chi connectivity index (χ1n) is 8.87. The molecule has 0 bridgehead atoms. The zero-order chi connectivity index (χ0) is 19.6. The number of piperidine rings is 2. The van der Waals surface area contributed by atoms with E-state index >= 15 is 0 Å². The van der Waals surface area contributed by atoms with Gasteiger partial charge in [0, 0.05) is 6.42 Å². The zero-order valence-electron chi connectivity index (χ0n) is 14.6. The summed E-state index contributed by atoms with van der Waals surface area (Å²) in [4.78, 5) is 35.5. The van der Waals surface area contributed by atoms with Crippen molar-refractivity contribution in [3.05, 3.63) is 29.3 Å². The van der Waals surface area contributed by atoms with Gasteiger partial charge in [-0.3, -0.25) is 24.6 Å². The molecule has 0 aliphatic carbocycles. The van der Waals surface area contributed by atoms with Crippen molar-refractivity contribution in [1.82, 2.24) is 10.2 Å². The fraction of sp³-hybridized carbons (Fsp3) is 0.500. The Morgan fingerprint density at radius 3 is 2.52 bits per heavy atom. The van der Waals surface area contributed by atoms with Crippen molar-refractivity contribution in [2.45, 2.75) is 37.6 Å². The Labute approximate surface area is 154 Å². The Kier molecular flexibility index (Phi) is 5.69. The molecule has 9 heteroatoms. The van der Waals surface area contributed by atoms with Crippen LogP contribution in [0.2, 0.25) is 0 Å². The molecule has 146 valence electrons. The normalized spacial score (nSPS) is 21.8. The van der Waals surface area contributed by atoms with E-state index in [4.69, 9.17) is 5.11 Å². The third-order valence-corrected chi connectivity index (χ3v) is 5.07. The number of imide groups is 1. The van der Waals surface area contributed by atoms with Gasteiger partial charge in [-0.25, -0.2) is 8.78 Å². The van der Waals surface area contributed by atoms with Crippen molar-refractivity contribution >= 4 is 23.5 Å². The van der Waals surface area contributed by atoms with Crippen LogP contribution in [0.25, 0.3) is 0 Å². The fourth-order valence-electron chi connectivity index (χ4n) is 3.60. The van der Waals surface area contributed by atoms with E-state index in [0.717, 1.165) is 0 Å². The zero-order valence-corrected chi connectivity index (χ0v) is 14.6. The van der Waals surface area contributed by atoms with Crippen molar-refractivity contribution in [3.63, 3.8) is 0 Å². The minimum atomic E-state index is -1.05. The number of likely N-dealkylation sites (tertiary alicyclic amines) is 1. The number of carbonyl (C=O) groups excluding carboxylic acids is 2. The maximum atomic E-state index is 14.6. The second kappa shape index (κ2) is 7.99. The molecule has 0 radical (unpaired) electrons. The van der Waals surface area contributed by atoms with Crippen LogP contribution in [0.4, 0.5) is 14.5 Å². The maximum Gasteiger partial charge on any atom is 0.317 e. The summed E-state index contributed by atoms with van der Waals surface area (Å²) in [6.07, 6.45) is 1.45. The molecule has 27 heavy (non-hydrogen) atoms.